The monoisotopic (exact) mass is 659 g/mol. The third kappa shape index (κ3) is 8.14. The molecule has 1 unspecified atom stereocenters. The zero-order valence-corrected chi connectivity index (χ0v) is 22.1. The van der Waals surface area contributed by atoms with Gasteiger partial charge in [-0.2, -0.15) is 4.98 Å². The van der Waals surface area contributed by atoms with Crippen molar-refractivity contribution in [2.24, 2.45) is 0 Å². The van der Waals surface area contributed by atoms with Gasteiger partial charge in [-0.1, -0.05) is 63.2 Å². The number of pyridine rings is 2. The Hall–Kier alpha value is -3.21. The van der Waals surface area contributed by atoms with Crippen LogP contribution < -0.4 is 9.47 Å². The molecule has 0 aliphatic heterocycles. The molecule has 1 N–H and O–H groups in total. The van der Waals surface area contributed by atoms with Gasteiger partial charge in [0.2, 0.25) is 17.6 Å². The quantitative estimate of drug-likeness (QED) is 0.202. The van der Waals surface area contributed by atoms with Crippen molar-refractivity contribution in [3.63, 3.8) is 0 Å². The molecule has 1 atom stereocenters. The minimum atomic E-state index is -3.59. The highest BCUT2D eigenvalue weighted by molar-refractivity contribution is 9.10. The number of rotatable bonds is 8. The smallest absolute Gasteiger partial charge is 0.337 e. The van der Waals surface area contributed by atoms with Gasteiger partial charge in [0, 0.05) is 40.2 Å². The predicted octanol–water partition coefficient (Wildman–Crippen LogP) is 7.78. The number of benzene rings is 1. The number of hydrogen-bond donors (Lipinski definition) is 1. The number of aromatic carboxylic acids is 1. The van der Waals surface area contributed by atoms with E-state index in [0.29, 0.717) is 0 Å². The van der Waals surface area contributed by atoms with Gasteiger partial charge in [0.15, 0.2) is 0 Å². The SMILES string of the molecule is [2H]OC(=O)c1c([2H])nc(OC([2H])(C)C([2H])[2H])c(Cl)c1[2H].[2H]c1nc(OC([2H])(C([2H])([2H])[2H])C([2H])([2H])[2H])c(Cl)c([2H])c1-c1nc(-c2c([2H])c([2H])c([2H])c(Br)c2C([2H])([2H])C([2H])([2H])[2H])no1. The van der Waals surface area contributed by atoms with E-state index in [1.54, 1.807) is 0 Å². The number of halogens is 3. The maximum Gasteiger partial charge on any atom is 0.337 e. The average molecular weight is 661 g/mol. The van der Waals surface area contributed by atoms with E-state index < -0.39 is 155 Å². The summed E-state index contributed by atoms with van der Waals surface area (Å²) in [6.45, 7) is -11.0. The summed E-state index contributed by atoms with van der Waals surface area (Å²) < 4.78 is 191. The van der Waals surface area contributed by atoms with Gasteiger partial charge in [0.25, 0.3) is 7.32 Å². The Morgan fingerprint density at radius 2 is 1.97 bits per heavy atom. The largest absolute Gasteiger partial charge is 0.478 e. The molecule has 0 saturated heterocycles. The fourth-order valence-electron chi connectivity index (χ4n) is 2.37. The van der Waals surface area contributed by atoms with Crippen LogP contribution in [0.15, 0.2) is 51.6 Å². The molecule has 39 heavy (non-hydrogen) atoms. The maximum atomic E-state index is 11.2. The third-order valence-corrected chi connectivity index (χ3v) is 4.97. The summed E-state index contributed by atoms with van der Waals surface area (Å²) in [5.41, 5.74) is -2.65. The fraction of sp³-hybridized carbons (Fsp3) is 0.296. The Kier molecular flexibility index (Phi) is 4.13. The van der Waals surface area contributed by atoms with Crippen LogP contribution in [0.5, 0.6) is 11.8 Å². The number of aromatic nitrogens is 4. The Morgan fingerprint density at radius 3 is 2.69 bits per heavy atom. The van der Waals surface area contributed by atoms with Crippen molar-refractivity contribution in [2.45, 2.75) is 52.9 Å². The van der Waals surface area contributed by atoms with Crippen molar-refractivity contribution >= 4 is 45.1 Å². The Balaban J connectivity index is 0.000000428. The molecule has 0 radical (unpaired) electrons. The molecule has 3 aromatic heterocycles. The second-order valence-electron chi connectivity index (χ2n) is 6.60. The molecule has 0 spiro atoms. The Morgan fingerprint density at radius 1 is 1.23 bits per heavy atom. The maximum absolute atomic E-state index is 11.2. The highest BCUT2D eigenvalue weighted by Gasteiger charge is 2.17. The molecular formula is C27H27BrCl2N4O5. The van der Waals surface area contributed by atoms with Crippen molar-refractivity contribution < 1.29 is 54.1 Å². The first-order valence-corrected chi connectivity index (χ1v) is 11.3. The minimum Gasteiger partial charge on any atom is -0.478 e. The lowest BCUT2D eigenvalue weighted by molar-refractivity contribution is 0.0696. The lowest BCUT2D eigenvalue weighted by atomic mass is 10.1. The number of carboxylic acids is 1. The molecule has 12 heteroatoms. The molecule has 206 valence electrons. The molecule has 0 bridgehead atoms. The number of hydrogen-bond acceptors (Lipinski definition) is 9. The Bertz CT molecular complexity index is 2360. The highest BCUT2D eigenvalue weighted by atomic mass is 79.9. The van der Waals surface area contributed by atoms with E-state index in [9.17, 15) is 4.79 Å². The van der Waals surface area contributed by atoms with E-state index in [-0.39, 0.29) is 0 Å². The summed E-state index contributed by atoms with van der Waals surface area (Å²) in [6.07, 6.45) is -10.5. The first kappa shape index (κ1) is 11.7. The van der Waals surface area contributed by atoms with Crippen molar-refractivity contribution in [1.29, 1.82) is 1.43 Å². The van der Waals surface area contributed by atoms with Crippen LogP contribution in [0.1, 0.15) is 80.4 Å². The second kappa shape index (κ2) is 13.7. The summed E-state index contributed by atoms with van der Waals surface area (Å²) in [6, 6.07) is -3.78. The van der Waals surface area contributed by atoms with Crippen molar-refractivity contribution in [3.8, 4) is 34.6 Å². The first-order chi connectivity index (χ1) is 27.9. The molecule has 0 aliphatic rings. The van der Waals surface area contributed by atoms with Crippen LogP contribution in [-0.2, 0) is 6.37 Å². The lowest BCUT2D eigenvalue weighted by Gasteiger charge is -2.09. The van der Waals surface area contributed by atoms with E-state index >= 15 is 0 Å². The van der Waals surface area contributed by atoms with Gasteiger partial charge in [-0.15, -0.1) is 0 Å². The molecule has 1 aromatic carbocycles. The summed E-state index contributed by atoms with van der Waals surface area (Å²) in [4.78, 5) is 22.2. The lowest BCUT2D eigenvalue weighted by Crippen LogP contribution is -2.08. The van der Waals surface area contributed by atoms with Gasteiger partial charge < -0.3 is 19.1 Å². The molecule has 0 saturated carbocycles. The van der Waals surface area contributed by atoms with Gasteiger partial charge in [-0.25, -0.2) is 14.8 Å². The standard InChI is InChI=1S/C18H17BrClN3O2.C9H10ClNO3/c1-4-12-13(6-5-7-14(12)19)16-22-17(25-23-16)11-8-15(20)18(21-9-11)24-10(2)3;1-5(2)14-8-7(10)3-6(4-11-8)9(12)13/h5-10H,4H2,1-3H3;3-5H,1-2H3,(H,12,13)/i1D3,2D3,3D3,4D2,5D,6D,7D,8D,9D,10D;1D2,3D,4D,5D/hD. The van der Waals surface area contributed by atoms with Crippen LogP contribution in [0.2, 0.25) is 10.0 Å². The summed E-state index contributed by atoms with van der Waals surface area (Å²) in [5, 5.41) is 5.93. The average Bonchev–Trinajstić information content (AvgIpc) is 3.60. The van der Waals surface area contributed by atoms with Crippen LogP contribution in [0.25, 0.3) is 24.3 Å². The van der Waals surface area contributed by atoms with Gasteiger partial charge in [-0.3, -0.25) is 0 Å². The molecule has 0 amide bonds. The molecule has 4 aromatic rings. The van der Waals surface area contributed by atoms with Crippen LogP contribution in [0.4, 0.5) is 0 Å². The van der Waals surface area contributed by atoms with Gasteiger partial charge in [0.1, 0.15) is 10.0 Å². The molecule has 3 heterocycles. The molecular weight excluding hydrogens is 611 g/mol. The normalized spacial score (nSPS) is 22.4. The Labute approximate surface area is 277 Å². The molecule has 0 aliphatic carbocycles. The van der Waals surface area contributed by atoms with Crippen LogP contribution in [0, 0.1) is 0 Å². The van der Waals surface area contributed by atoms with Gasteiger partial charge in [-0.05, 0) is 57.6 Å². The first-order valence-electron chi connectivity index (χ1n) is 21.3. The van der Waals surface area contributed by atoms with Crippen LogP contribution >= 0.6 is 39.1 Å². The molecule has 4 rings (SSSR count). The number of nitrogens with zero attached hydrogens (tertiary/aromatic N) is 4. The number of ether oxygens (including phenoxy) is 2. The van der Waals surface area contributed by atoms with E-state index in [2.05, 4.69) is 41.1 Å². The van der Waals surface area contributed by atoms with Crippen molar-refractivity contribution in [1.82, 2.24) is 20.1 Å². The zero-order valence-electron chi connectivity index (χ0n) is 42.0. The third-order valence-electron chi connectivity index (χ3n) is 3.86. The topological polar surface area (TPSA) is 120 Å². The zero-order chi connectivity index (χ0) is 48.2. The van der Waals surface area contributed by atoms with E-state index in [1.807, 2.05) is 0 Å². The summed E-state index contributed by atoms with van der Waals surface area (Å²) in [7, 11) is 0. The second-order valence-corrected chi connectivity index (χ2v) is 8.15. The van der Waals surface area contributed by atoms with Crippen molar-refractivity contribution in [2.75, 3.05) is 0 Å². The molecule has 9 nitrogen and oxygen atoms in total. The van der Waals surface area contributed by atoms with Crippen LogP contribution in [-0.4, -0.2) is 43.3 Å². The van der Waals surface area contributed by atoms with E-state index in [0.717, 1.165) is 6.92 Å². The molecule has 0 fully saturated rings. The van der Waals surface area contributed by atoms with E-state index in [4.69, 9.17) is 68.8 Å². The summed E-state index contributed by atoms with van der Waals surface area (Å²) in [5.74, 6) is -4.20. The predicted molar refractivity (Wildman–Crippen MR) is 153 cm³/mol. The summed E-state index contributed by atoms with van der Waals surface area (Å²) >= 11 is 14.7. The highest BCUT2D eigenvalue weighted by Crippen LogP contribution is 2.32. The van der Waals surface area contributed by atoms with Crippen LogP contribution in [0.3, 0.4) is 0 Å². The van der Waals surface area contributed by atoms with Crippen molar-refractivity contribution in [3.05, 3.63) is 68.2 Å². The number of carbonyl (C=O) groups is 1. The van der Waals surface area contributed by atoms with E-state index in [1.165, 1.54) is 0 Å². The minimum absolute atomic E-state index is 0.470. The fourth-order valence-corrected chi connectivity index (χ4v) is 3.12. The van der Waals surface area contributed by atoms with Gasteiger partial charge in [0.05, 0.1) is 35.6 Å². The van der Waals surface area contributed by atoms with Gasteiger partial charge >= 0.3 is 5.97 Å². The number of carboxylic acid groups (broad SMARTS) is 1.